The van der Waals surface area contributed by atoms with E-state index in [0.29, 0.717) is 6.54 Å². The molecule has 0 amide bonds. The number of nitrogens with one attached hydrogen (secondary N) is 1. The molecule has 0 fully saturated rings. The molecule has 12 heavy (non-hydrogen) atoms. The van der Waals surface area contributed by atoms with E-state index in [2.05, 4.69) is 5.32 Å². The van der Waals surface area contributed by atoms with Gasteiger partial charge < -0.3 is 11.1 Å². The van der Waals surface area contributed by atoms with Crippen LogP contribution in [0.3, 0.4) is 0 Å². The predicted molar refractivity (Wildman–Crippen MR) is 46.3 cm³/mol. The topological polar surface area (TPSA) is 38.0 Å². The average molecular weight is 180 g/mol. The van der Waals surface area contributed by atoms with Gasteiger partial charge in [-0.15, -0.1) is 0 Å². The van der Waals surface area contributed by atoms with Gasteiger partial charge in [0.1, 0.15) is 0 Å². The van der Waals surface area contributed by atoms with E-state index in [1.54, 1.807) is 0 Å². The van der Waals surface area contributed by atoms with Crippen molar-refractivity contribution in [2.45, 2.75) is 33.2 Å². The number of rotatable bonds is 4. The summed E-state index contributed by atoms with van der Waals surface area (Å²) in [6.45, 7) is 6.13. The SMILES string of the molecule is CC(C)(C)C(N)CNCC(F)F. The van der Waals surface area contributed by atoms with Crippen molar-refractivity contribution in [3.05, 3.63) is 0 Å². The van der Waals surface area contributed by atoms with E-state index in [0.717, 1.165) is 0 Å². The lowest BCUT2D eigenvalue weighted by Gasteiger charge is -2.27. The first kappa shape index (κ1) is 11.8. The molecule has 1 atom stereocenters. The van der Waals surface area contributed by atoms with Gasteiger partial charge in [0.25, 0.3) is 6.43 Å². The fraction of sp³-hybridized carbons (Fsp3) is 1.00. The fourth-order valence-electron chi connectivity index (χ4n) is 0.654. The standard InChI is InChI=1S/C8H18F2N2/c1-8(2,3)6(11)4-12-5-7(9)10/h6-7,12H,4-5,11H2,1-3H3. The molecule has 0 aromatic rings. The zero-order chi connectivity index (χ0) is 9.78. The van der Waals surface area contributed by atoms with Crippen LogP contribution < -0.4 is 11.1 Å². The Labute approximate surface area is 72.5 Å². The first-order valence-corrected chi connectivity index (χ1v) is 4.08. The highest BCUT2D eigenvalue weighted by Gasteiger charge is 2.20. The summed E-state index contributed by atoms with van der Waals surface area (Å²) in [7, 11) is 0. The van der Waals surface area contributed by atoms with Gasteiger partial charge >= 0.3 is 0 Å². The van der Waals surface area contributed by atoms with E-state index < -0.39 is 6.43 Å². The molecule has 0 radical (unpaired) electrons. The highest BCUT2D eigenvalue weighted by atomic mass is 19.3. The molecule has 0 aromatic carbocycles. The van der Waals surface area contributed by atoms with E-state index in [9.17, 15) is 8.78 Å². The molecule has 0 aliphatic rings. The first-order chi connectivity index (χ1) is 5.34. The molecule has 0 heterocycles. The summed E-state index contributed by atoms with van der Waals surface area (Å²) in [5.41, 5.74) is 5.70. The molecule has 0 spiro atoms. The second-order valence-electron chi connectivity index (χ2n) is 4.02. The Hall–Kier alpha value is -0.220. The van der Waals surface area contributed by atoms with Crippen LogP contribution in [-0.2, 0) is 0 Å². The zero-order valence-corrected chi connectivity index (χ0v) is 7.90. The summed E-state index contributed by atoms with van der Waals surface area (Å²) in [4.78, 5) is 0. The van der Waals surface area contributed by atoms with Gasteiger partial charge in [-0.1, -0.05) is 20.8 Å². The maximum Gasteiger partial charge on any atom is 0.250 e. The van der Waals surface area contributed by atoms with Gasteiger partial charge in [0, 0.05) is 12.6 Å². The van der Waals surface area contributed by atoms with Crippen LogP contribution in [0.5, 0.6) is 0 Å². The van der Waals surface area contributed by atoms with Crippen LogP contribution in [0.4, 0.5) is 8.78 Å². The minimum absolute atomic E-state index is 0.0326. The molecule has 0 aliphatic heterocycles. The summed E-state index contributed by atoms with van der Waals surface area (Å²) in [6, 6.07) is -0.0868. The van der Waals surface area contributed by atoms with Gasteiger partial charge in [0.2, 0.25) is 0 Å². The highest BCUT2D eigenvalue weighted by Crippen LogP contribution is 2.16. The lowest BCUT2D eigenvalue weighted by molar-refractivity contribution is 0.143. The Morgan fingerprint density at radius 3 is 2.08 bits per heavy atom. The largest absolute Gasteiger partial charge is 0.326 e. The van der Waals surface area contributed by atoms with Gasteiger partial charge in [0.15, 0.2) is 0 Å². The minimum Gasteiger partial charge on any atom is -0.326 e. The van der Waals surface area contributed by atoms with Crippen molar-refractivity contribution in [2.24, 2.45) is 11.1 Å². The summed E-state index contributed by atoms with van der Waals surface area (Å²) in [5, 5.41) is 2.62. The smallest absolute Gasteiger partial charge is 0.250 e. The van der Waals surface area contributed by atoms with Gasteiger partial charge in [-0.2, -0.15) is 0 Å². The summed E-state index contributed by atoms with van der Waals surface area (Å²) in [6.07, 6.45) is -2.29. The molecule has 0 saturated heterocycles. The van der Waals surface area contributed by atoms with Crippen LogP contribution in [-0.4, -0.2) is 25.6 Å². The Balaban J connectivity index is 3.51. The molecular formula is C8H18F2N2. The van der Waals surface area contributed by atoms with E-state index >= 15 is 0 Å². The predicted octanol–water partition coefficient (Wildman–Crippen LogP) is 1.21. The third-order valence-electron chi connectivity index (χ3n) is 1.78. The molecule has 4 heteroatoms. The molecule has 3 N–H and O–H groups in total. The maximum absolute atomic E-state index is 11.7. The minimum atomic E-state index is -2.29. The fourth-order valence-corrected chi connectivity index (χ4v) is 0.654. The maximum atomic E-state index is 11.7. The Morgan fingerprint density at radius 2 is 1.75 bits per heavy atom. The van der Waals surface area contributed by atoms with Crippen molar-refractivity contribution in [1.82, 2.24) is 5.32 Å². The van der Waals surface area contributed by atoms with Crippen LogP contribution in [0.2, 0.25) is 0 Å². The second kappa shape index (κ2) is 4.72. The number of hydrogen-bond acceptors (Lipinski definition) is 2. The van der Waals surface area contributed by atoms with Crippen molar-refractivity contribution >= 4 is 0 Å². The average Bonchev–Trinajstić information content (AvgIpc) is 1.84. The lowest BCUT2D eigenvalue weighted by Crippen LogP contribution is -2.44. The Kier molecular flexibility index (Phi) is 4.63. The highest BCUT2D eigenvalue weighted by molar-refractivity contribution is 4.78. The molecular weight excluding hydrogens is 162 g/mol. The van der Waals surface area contributed by atoms with Gasteiger partial charge in [-0.3, -0.25) is 0 Å². The van der Waals surface area contributed by atoms with Crippen molar-refractivity contribution in [3.8, 4) is 0 Å². The van der Waals surface area contributed by atoms with E-state index in [1.165, 1.54) is 0 Å². The van der Waals surface area contributed by atoms with Gasteiger partial charge in [0.05, 0.1) is 6.54 Å². The third-order valence-corrected chi connectivity index (χ3v) is 1.78. The number of nitrogens with two attached hydrogens (primary N) is 1. The quantitative estimate of drug-likeness (QED) is 0.682. The zero-order valence-electron chi connectivity index (χ0n) is 7.90. The molecule has 0 aliphatic carbocycles. The molecule has 0 bridgehead atoms. The number of halogens is 2. The third kappa shape index (κ3) is 5.43. The number of hydrogen-bond donors (Lipinski definition) is 2. The Bertz CT molecular complexity index is 121. The molecule has 0 aromatic heterocycles. The van der Waals surface area contributed by atoms with E-state index in [4.69, 9.17) is 5.73 Å². The van der Waals surface area contributed by atoms with Crippen molar-refractivity contribution < 1.29 is 8.78 Å². The molecule has 0 rings (SSSR count). The summed E-state index contributed by atoms with van der Waals surface area (Å²) >= 11 is 0. The normalized spacial score (nSPS) is 15.2. The van der Waals surface area contributed by atoms with Crippen molar-refractivity contribution in [1.29, 1.82) is 0 Å². The Morgan fingerprint density at radius 1 is 1.25 bits per heavy atom. The van der Waals surface area contributed by atoms with Gasteiger partial charge in [-0.25, -0.2) is 8.78 Å². The van der Waals surface area contributed by atoms with E-state index in [1.807, 2.05) is 20.8 Å². The van der Waals surface area contributed by atoms with Crippen LogP contribution in [0.25, 0.3) is 0 Å². The van der Waals surface area contributed by atoms with Crippen molar-refractivity contribution in [3.63, 3.8) is 0 Å². The molecule has 0 saturated carbocycles. The monoisotopic (exact) mass is 180 g/mol. The summed E-state index contributed by atoms with van der Waals surface area (Å²) < 4.78 is 23.4. The van der Waals surface area contributed by atoms with Crippen molar-refractivity contribution in [2.75, 3.05) is 13.1 Å². The van der Waals surface area contributed by atoms with Crippen LogP contribution in [0, 0.1) is 5.41 Å². The molecule has 2 nitrogen and oxygen atoms in total. The molecule has 74 valence electrons. The second-order valence-corrected chi connectivity index (χ2v) is 4.02. The lowest BCUT2D eigenvalue weighted by atomic mass is 9.87. The van der Waals surface area contributed by atoms with Crippen LogP contribution >= 0.6 is 0 Å². The van der Waals surface area contributed by atoms with Gasteiger partial charge in [-0.05, 0) is 5.41 Å². The molecule has 1 unspecified atom stereocenters. The van der Waals surface area contributed by atoms with Crippen LogP contribution in [0.15, 0.2) is 0 Å². The van der Waals surface area contributed by atoms with Crippen LogP contribution in [0.1, 0.15) is 20.8 Å². The summed E-state index contributed by atoms with van der Waals surface area (Å²) in [5.74, 6) is 0. The van der Waals surface area contributed by atoms with E-state index in [-0.39, 0.29) is 18.0 Å². The number of alkyl halides is 2. The first-order valence-electron chi connectivity index (χ1n) is 4.08.